The molecule has 0 atom stereocenters. The fraction of sp³-hybridized carbons (Fsp3) is 0.241. The minimum atomic E-state index is -0.660. The fourth-order valence-electron chi connectivity index (χ4n) is 4.77. The number of hydrogen-bond acceptors (Lipinski definition) is 9. The van der Waals surface area contributed by atoms with Crippen LogP contribution < -0.4 is 0 Å². The second-order valence-electron chi connectivity index (χ2n) is 10.2. The van der Waals surface area contributed by atoms with E-state index >= 15 is 0 Å². The Bertz CT molecular complexity index is 1740. The summed E-state index contributed by atoms with van der Waals surface area (Å²) in [6.45, 7) is 0. The molecule has 6 rings (SSSR count). The lowest BCUT2D eigenvalue weighted by molar-refractivity contribution is -0.135. The molecule has 3 aromatic rings. The summed E-state index contributed by atoms with van der Waals surface area (Å²) >= 11 is 4.58. The van der Waals surface area contributed by atoms with Crippen molar-refractivity contribution in [1.82, 2.24) is 19.6 Å². The Balaban J connectivity index is 1.30. The smallest absolute Gasteiger partial charge is 0.268 e. The van der Waals surface area contributed by atoms with E-state index in [-0.39, 0.29) is 11.1 Å². The number of rotatable bonds is 5. The molecule has 0 bridgehead atoms. The first kappa shape index (κ1) is 27.9. The third kappa shape index (κ3) is 4.63. The minimum Gasteiger partial charge on any atom is -0.268 e. The summed E-state index contributed by atoms with van der Waals surface area (Å²) in [5, 5.41) is 0. The molecule has 1 saturated carbocycles. The summed E-state index contributed by atoms with van der Waals surface area (Å²) in [5.74, 6) is -2.04. The van der Waals surface area contributed by atoms with Gasteiger partial charge in [0.1, 0.15) is 11.1 Å². The molecule has 42 heavy (non-hydrogen) atoms. The second kappa shape index (κ2) is 10.3. The molecular weight excluding hydrogens is 597 g/mol. The number of imide groups is 4. The maximum atomic E-state index is 12.6. The molecule has 0 N–H and O–H groups in total. The van der Waals surface area contributed by atoms with Crippen LogP contribution in [0.1, 0.15) is 34.1 Å². The van der Waals surface area contributed by atoms with Crippen molar-refractivity contribution >= 4 is 81.9 Å². The molecule has 8 amide bonds. The lowest BCUT2D eigenvalue weighted by Crippen LogP contribution is -2.52. The first-order valence-electron chi connectivity index (χ1n) is 12.9. The largest absolute Gasteiger partial charge is 0.333 e. The first-order chi connectivity index (χ1) is 20.0. The Hall–Kier alpha value is -4.20. The molecule has 3 aromatic heterocycles. The lowest BCUT2D eigenvalue weighted by atomic mass is 10.1. The summed E-state index contributed by atoms with van der Waals surface area (Å²) < 4.78 is 0. The molecule has 1 aliphatic carbocycles. The molecule has 5 heterocycles. The van der Waals surface area contributed by atoms with E-state index < -0.39 is 35.7 Å². The quantitative estimate of drug-likeness (QED) is 0.295. The highest BCUT2D eigenvalue weighted by Crippen LogP contribution is 2.51. The molecular formula is C29H24N4O6S3. The number of likely N-dealkylation sites (N-methyl/N-ethyl adjacent to an activating group) is 4. The number of nitrogens with zero attached hydrogens (tertiary/aromatic N) is 4. The number of urea groups is 2. The maximum Gasteiger partial charge on any atom is 0.333 e. The van der Waals surface area contributed by atoms with Gasteiger partial charge >= 0.3 is 12.1 Å². The van der Waals surface area contributed by atoms with Crippen LogP contribution in [0.25, 0.3) is 31.7 Å². The Morgan fingerprint density at radius 3 is 1.48 bits per heavy atom. The third-order valence-corrected chi connectivity index (χ3v) is 11.0. The zero-order chi connectivity index (χ0) is 30.0. The summed E-state index contributed by atoms with van der Waals surface area (Å²) in [5.41, 5.74) is 1.13. The summed E-state index contributed by atoms with van der Waals surface area (Å²) in [6.07, 6.45) is 5.28. The van der Waals surface area contributed by atoms with Gasteiger partial charge in [-0.3, -0.25) is 38.8 Å². The van der Waals surface area contributed by atoms with Crippen molar-refractivity contribution in [3.05, 3.63) is 56.8 Å². The Labute approximate surface area is 252 Å². The van der Waals surface area contributed by atoms with Crippen molar-refractivity contribution < 1.29 is 28.8 Å². The number of carbonyl (C=O) groups is 6. The molecule has 0 spiro atoms. The van der Waals surface area contributed by atoms with Crippen molar-refractivity contribution in [2.24, 2.45) is 0 Å². The standard InChI is InChI=1S/C29H24N4O6S3/c1-30-24(34)18(25(35)31(2)28(30)38)11-15-7-9-20(40-15)22-13-17(14-5-6-14)23(42-22)21-10-8-16(41-21)12-19-26(36)32(3)29(39)33(4)27(19)37/h7-14H,5-6H2,1-4H3. The van der Waals surface area contributed by atoms with Crippen LogP contribution in [0.3, 0.4) is 0 Å². The van der Waals surface area contributed by atoms with Crippen LogP contribution in [-0.2, 0) is 19.2 Å². The van der Waals surface area contributed by atoms with Gasteiger partial charge in [0.2, 0.25) is 0 Å². The normalized spacial score (nSPS) is 18.2. The summed E-state index contributed by atoms with van der Waals surface area (Å²) in [7, 11) is 5.41. The van der Waals surface area contributed by atoms with Crippen LogP contribution in [0.5, 0.6) is 0 Å². The number of carbonyl (C=O) groups excluding carboxylic acids is 6. The van der Waals surface area contributed by atoms with Crippen LogP contribution in [0.15, 0.2) is 41.5 Å². The maximum absolute atomic E-state index is 12.6. The predicted molar refractivity (Wildman–Crippen MR) is 161 cm³/mol. The molecule has 0 unspecified atom stereocenters. The zero-order valence-corrected chi connectivity index (χ0v) is 25.4. The van der Waals surface area contributed by atoms with Gasteiger partial charge in [0.25, 0.3) is 23.6 Å². The molecule has 2 saturated heterocycles. The monoisotopic (exact) mass is 620 g/mol. The average molecular weight is 621 g/mol. The van der Waals surface area contributed by atoms with E-state index in [1.165, 1.54) is 62.5 Å². The topological polar surface area (TPSA) is 115 Å². The Morgan fingerprint density at radius 1 is 0.595 bits per heavy atom. The van der Waals surface area contributed by atoms with Gasteiger partial charge in [-0.2, -0.15) is 0 Å². The molecule has 0 aromatic carbocycles. The highest BCUT2D eigenvalue weighted by Gasteiger charge is 2.39. The van der Waals surface area contributed by atoms with E-state index in [2.05, 4.69) is 6.07 Å². The van der Waals surface area contributed by atoms with Gasteiger partial charge in [-0.05, 0) is 66.8 Å². The number of hydrogen-bond donors (Lipinski definition) is 0. The Morgan fingerprint density at radius 2 is 1.02 bits per heavy atom. The molecule has 214 valence electrons. The van der Waals surface area contributed by atoms with Gasteiger partial charge in [-0.1, -0.05) is 0 Å². The average Bonchev–Trinajstić information content (AvgIpc) is 3.35. The minimum absolute atomic E-state index is 0.0563. The Kier molecular flexibility index (Phi) is 6.83. The van der Waals surface area contributed by atoms with E-state index in [9.17, 15) is 28.8 Å². The molecule has 10 nitrogen and oxygen atoms in total. The summed E-state index contributed by atoms with van der Waals surface area (Å²) in [4.78, 5) is 83.9. The van der Waals surface area contributed by atoms with E-state index in [1.54, 1.807) is 17.4 Å². The summed E-state index contributed by atoms with van der Waals surface area (Å²) in [6, 6.07) is 8.53. The van der Waals surface area contributed by atoms with Gasteiger partial charge in [0.05, 0.1) is 0 Å². The van der Waals surface area contributed by atoms with Crippen molar-refractivity contribution in [2.45, 2.75) is 18.8 Å². The van der Waals surface area contributed by atoms with Crippen LogP contribution in [0, 0.1) is 0 Å². The molecule has 2 aliphatic heterocycles. The SMILES string of the molecule is CN1C(=O)C(=Cc2ccc(-c3cc(C4CC4)c(-c4ccc(C=C5C(=O)N(C)C(=O)N(C)C5=O)s4)s3)s2)C(=O)N(C)C1=O. The fourth-order valence-corrected chi connectivity index (χ4v) is 8.13. The van der Waals surface area contributed by atoms with Gasteiger partial charge < -0.3 is 0 Å². The van der Waals surface area contributed by atoms with Crippen LogP contribution >= 0.6 is 34.0 Å². The van der Waals surface area contributed by atoms with E-state index in [4.69, 9.17) is 0 Å². The van der Waals surface area contributed by atoms with Crippen molar-refractivity contribution in [3.63, 3.8) is 0 Å². The van der Waals surface area contributed by atoms with Crippen LogP contribution in [0.4, 0.5) is 9.59 Å². The van der Waals surface area contributed by atoms with Gasteiger partial charge in [0, 0.05) is 57.5 Å². The van der Waals surface area contributed by atoms with Gasteiger partial charge in [0.15, 0.2) is 0 Å². The van der Waals surface area contributed by atoms with E-state index in [0.29, 0.717) is 5.92 Å². The highest BCUT2D eigenvalue weighted by molar-refractivity contribution is 7.27. The highest BCUT2D eigenvalue weighted by atomic mass is 32.1. The predicted octanol–water partition coefficient (Wildman–Crippen LogP) is 4.95. The lowest BCUT2D eigenvalue weighted by Gasteiger charge is -2.28. The molecule has 13 heteroatoms. The van der Waals surface area contributed by atoms with Crippen LogP contribution in [-0.4, -0.2) is 83.5 Å². The van der Waals surface area contributed by atoms with Crippen LogP contribution in [0.2, 0.25) is 0 Å². The second-order valence-corrected chi connectivity index (χ2v) is 13.5. The van der Waals surface area contributed by atoms with Crippen molar-refractivity contribution in [1.29, 1.82) is 0 Å². The van der Waals surface area contributed by atoms with Crippen molar-refractivity contribution in [2.75, 3.05) is 28.2 Å². The zero-order valence-electron chi connectivity index (χ0n) is 23.0. The van der Waals surface area contributed by atoms with Gasteiger partial charge in [-0.25, -0.2) is 9.59 Å². The molecule has 3 fully saturated rings. The number of barbiturate groups is 2. The first-order valence-corrected chi connectivity index (χ1v) is 15.4. The number of thiophene rings is 3. The van der Waals surface area contributed by atoms with E-state index in [0.717, 1.165) is 61.7 Å². The van der Waals surface area contributed by atoms with E-state index in [1.807, 2.05) is 24.3 Å². The molecule has 0 radical (unpaired) electrons. The van der Waals surface area contributed by atoms with Crippen molar-refractivity contribution in [3.8, 4) is 19.5 Å². The van der Waals surface area contributed by atoms with Gasteiger partial charge in [-0.15, -0.1) is 34.0 Å². The number of amides is 8. The molecule has 3 aliphatic rings. The third-order valence-electron chi connectivity index (χ3n) is 7.36.